The van der Waals surface area contributed by atoms with Crippen LogP contribution in [0.4, 0.5) is 0 Å². The van der Waals surface area contributed by atoms with Crippen LogP contribution in [0.3, 0.4) is 0 Å². The third-order valence-electron chi connectivity index (χ3n) is 3.76. The van der Waals surface area contributed by atoms with Crippen LogP contribution < -0.4 is 5.32 Å². The zero-order chi connectivity index (χ0) is 13.6. The van der Waals surface area contributed by atoms with E-state index in [1.165, 1.54) is 0 Å². The summed E-state index contributed by atoms with van der Waals surface area (Å²) in [4.78, 5) is 16.0. The highest BCUT2D eigenvalue weighted by Crippen LogP contribution is 2.12. The van der Waals surface area contributed by atoms with E-state index in [9.17, 15) is 9.90 Å². The van der Waals surface area contributed by atoms with Gasteiger partial charge in [0.05, 0.1) is 0 Å². The molecule has 1 atom stereocenters. The first-order valence-electron chi connectivity index (χ1n) is 6.87. The van der Waals surface area contributed by atoms with Gasteiger partial charge in [-0.1, -0.05) is 6.92 Å². The number of rotatable bonds is 7. The van der Waals surface area contributed by atoms with Crippen molar-refractivity contribution in [3.8, 4) is 0 Å². The summed E-state index contributed by atoms with van der Waals surface area (Å²) in [5.74, 6) is -0.745. The van der Waals surface area contributed by atoms with Crippen molar-refractivity contribution >= 4 is 5.97 Å². The van der Waals surface area contributed by atoms with E-state index in [0.717, 1.165) is 45.7 Å². The van der Waals surface area contributed by atoms with Crippen LogP contribution in [0.5, 0.6) is 0 Å². The average molecular weight is 257 g/mol. The van der Waals surface area contributed by atoms with Crippen molar-refractivity contribution < 1.29 is 9.90 Å². The summed E-state index contributed by atoms with van der Waals surface area (Å²) in [6.45, 7) is 9.69. The fourth-order valence-corrected chi connectivity index (χ4v) is 2.13. The van der Waals surface area contributed by atoms with Crippen molar-refractivity contribution in [2.75, 3.05) is 46.3 Å². The van der Waals surface area contributed by atoms with E-state index in [1.807, 2.05) is 0 Å². The van der Waals surface area contributed by atoms with Crippen molar-refractivity contribution in [1.29, 1.82) is 0 Å². The van der Waals surface area contributed by atoms with Gasteiger partial charge in [0.25, 0.3) is 0 Å². The number of nitrogens with one attached hydrogen (secondary N) is 1. The molecular formula is C13H27N3O2. The van der Waals surface area contributed by atoms with E-state index in [4.69, 9.17) is 0 Å². The molecule has 0 amide bonds. The lowest BCUT2D eigenvalue weighted by molar-refractivity contribution is -0.144. The van der Waals surface area contributed by atoms with Gasteiger partial charge in [-0.25, -0.2) is 0 Å². The Kier molecular flexibility index (Phi) is 6.05. The molecule has 0 saturated carbocycles. The normalized spacial score (nSPS) is 21.7. The predicted octanol–water partition coefficient (Wildman–Crippen LogP) is 0.467. The maximum Gasteiger partial charge on any atom is 0.323 e. The molecule has 0 radical (unpaired) electrons. The van der Waals surface area contributed by atoms with Crippen molar-refractivity contribution in [2.45, 2.75) is 32.2 Å². The molecule has 0 aliphatic carbocycles. The summed E-state index contributed by atoms with van der Waals surface area (Å²) < 4.78 is 0. The Labute approximate surface area is 110 Å². The molecule has 0 aromatic rings. The van der Waals surface area contributed by atoms with Crippen LogP contribution in [0.1, 0.15) is 26.7 Å². The molecule has 1 rings (SSSR count). The van der Waals surface area contributed by atoms with Gasteiger partial charge in [-0.05, 0) is 33.4 Å². The highest BCUT2D eigenvalue weighted by Gasteiger charge is 2.32. The maximum absolute atomic E-state index is 11.4. The topological polar surface area (TPSA) is 55.8 Å². The van der Waals surface area contributed by atoms with E-state index in [1.54, 1.807) is 6.92 Å². The molecule has 1 unspecified atom stereocenters. The van der Waals surface area contributed by atoms with Crippen LogP contribution in [-0.4, -0.2) is 72.7 Å². The molecular weight excluding hydrogens is 230 g/mol. The SMILES string of the molecule is CCCNC(C)(CCN1CCN(C)CC1)C(=O)O. The Bertz CT molecular complexity index is 265. The first-order valence-corrected chi connectivity index (χ1v) is 6.87. The quantitative estimate of drug-likeness (QED) is 0.694. The van der Waals surface area contributed by atoms with Gasteiger partial charge in [0.15, 0.2) is 0 Å². The van der Waals surface area contributed by atoms with E-state index in [-0.39, 0.29) is 0 Å². The van der Waals surface area contributed by atoms with Gasteiger partial charge in [0.1, 0.15) is 5.54 Å². The molecule has 0 aromatic carbocycles. The minimum Gasteiger partial charge on any atom is -0.480 e. The van der Waals surface area contributed by atoms with Crippen LogP contribution >= 0.6 is 0 Å². The standard InChI is InChI=1S/C13H27N3O2/c1-4-6-14-13(2,12(17)18)5-7-16-10-8-15(3)9-11-16/h14H,4-11H2,1-3H3,(H,17,18). The summed E-state index contributed by atoms with van der Waals surface area (Å²) in [7, 11) is 2.13. The lowest BCUT2D eigenvalue weighted by Crippen LogP contribution is -2.53. The number of carboxylic acid groups (broad SMARTS) is 1. The summed E-state index contributed by atoms with van der Waals surface area (Å²) >= 11 is 0. The number of nitrogens with zero attached hydrogens (tertiary/aromatic N) is 2. The summed E-state index contributed by atoms with van der Waals surface area (Å²) in [6.07, 6.45) is 1.61. The Balaban J connectivity index is 2.39. The van der Waals surface area contributed by atoms with E-state index in [2.05, 4.69) is 29.1 Å². The molecule has 1 heterocycles. The summed E-state index contributed by atoms with van der Waals surface area (Å²) in [6, 6.07) is 0. The Morgan fingerprint density at radius 2 is 1.94 bits per heavy atom. The van der Waals surface area contributed by atoms with Gasteiger partial charge in [-0.3, -0.25) is 4.79 Å². The zero-order valence-electron chi connectivity index (χ0n) is 11.9. The summed E-state index contributed by atoms with van der Waals surface area (Å²) in [5.41, 5.74) is -0.792. The molecule has 1 aliphatic heterocycles. The van der Waals surface area contributed by atoms with Crippen molar-refractivity contribution in [3.63, 3.8) is 0 Å². The van der Waals surface area contributed by atoms with Crippen molar-refractivity contribution in [1.82, 2.24) is 15.1 Å². The number of aliphatic carboxylic acids is 1. The Hall–Kier alpha value is -0.650. The molecule has 1 saturated heterocycles. The van der Waals surface area contributed by atoms with E-state index < -0.39 is 11.5 Å². The molecule has 0 bridgehead atoms. The van der Waals surface area contributed by atoms with Crippen LogP contribution in [0.25, 0.3) is 0 Å². The fourth-order valence-electron chi connectivity index (χ4n) is 2.13. The molecule has 2 N–H and O–H groups in total. The maximum atomic E-state index is 11.4. The fraction of sp³-hybridized carbons (Fsp3) is 0.923. The van der Waals surface area contributed by atoms with Crippen LogP contribution in [0.2, 0.25) is 0 Å². The van der Waals surface area contributed by atoms with Gasteiger partial charge >= 0.3 is 5.97 Å². The van der Waals surface area contributed by atoms with Crippen LogP contribution in [-0.2, 0) is 4.79 Å². The number of hydrogen-bond donors (Lipinski definition) is 2. The molecule has 1 fully saturated rings. The van der Waals surface area contributed by atoms with Gasteiger partial charge in [-0.15, -0.1) is 0 Å². The van der Waals surface area contributed by atoms with Gasteiger partial charge in [-0.2, -0.15) is 0 Å². The largest absolute Gasteiger partial charge is 0.480 e. The number of carboxylic acids is 1. The monoisotopic (exact) mass is 257 g/mol. The second-order valence-electron chi connectivity index (χ2n) is 5.46. The van der Waals surface area contributed by atoms with E-state index >= 15 is 0 Å². The molecule has 106 valence electrons. The van der Waals surface area contributed by atoms with Crippen molar-refractivity contribution in [3.05, 3.63) is 0 Å². The number of carbonyl (C=O) groups is 1. The zero-order valence-corrected chi connectivity index (χ0v) is 11.9. The lowest BCUT2D eigenvalue weighted by Gasteiger charge is -2.35. The smallest absolute Gasteiger partial charge is 0.323 e. The first-order chi connectivity index (χ1) is 8.48. The highest BCUT2D eigenvalue weighted by molar-refractivity contribution is 5.78. The van der Waals surface area contributed by atoms with Gasteiger partial charge in [0, 0.05) is 32.7 Å². The predicted molar refractivity (Wildman–Crippen MR) is 72.9 cm³/mol. The molecule has 18 heavy (non-hydrogen) atoms. The lowest BCUT2D eigenvalue weighted by atomic mass is 9.97. The molecule has 0 aromatic heterocycles. The molecule has 5 nitrogen and oxygen atoms in total. The summed E-state index contributed by atoms with van der Waals surface area (Å²) in [5, 5.41) is 12.5. The van der Waals surface area contributed by atoms with Crippen LogP contribution in [0.15, 0.2) is 0 Å². The Morgan fingerprint density at radius 3 is 2.44 bits per heavy atom. The molecule has 0 spiro atoms. The van der Waals surface area contributed by atoms with Gasteiger partial charge < -0.3 is 20.2 Å². The second kappa shape index (κ2) is 7.07. The van der Waals surface area contributed by atoms with E-state index in [0.29, 0.717) is 6.42 Å². The third-order valence-corrected chi connectivity index (χ3v) is 3.76. The second-order valence-corrected chi connectivity index (χ2v) is 5.46. The molecule has 5 heteroatoms. The Morgan fingerprint density at radius 1 is 1.33 bits per heavy atom. The minimum absolute atomic E-state index is 0.659. The highest BCUT2D eigenvalue weighted by atomic mass is 16.4. The number of likely N-dealkylation sites (N-methyl/N-ethyl adjacent to an activating group) is 1. The average Bonchev–Trinajstić information content (AvgIpc) is 2.35. The number of hydrogen-bond acceptors (Lipinski definition) is 4. The van der Waals surface area contributed by atoms with Gasteiger partial charge in [0.2, 0.25) is 0 Å². The number of piperazine rings is 1. The van der Waals surface area contributed by atoms with Crippen LogP contribution in [0, 0.1) is 0 Å². The third kappa shape index (κ3) is 4.55. The molecule has 1 aliphatic rings. The first kappa shape index (κ1) is 15.4. The van der Waals surface area contributed by atoms with Crippen molar-refractivity contribution in [2.24, 2.45) is 0 Å². The minimum atomic E-state index is -0.792.